The Labute approximate surface area is 212 Å². The molecule has 0 amide bonds. The fraction of sp³-hybridized carbons (Fsp3) is 0.250. The van der Waals surface area contributed by atoms with Crippen LogP contribution < -0.4 is 34.3 Å². The van der Waals surface area contributed by atoms with Crippen molar-refractivity contribution in [1.82, 2.24) is 0 Å². The van der Waals surface area contributed by atoms with Crippen LogP contribution in [0.4, 0.5) is 0 Å². The molecule has 0 spiro atoms. The van der Waals surface area contributed by atoms with Crippen LogP contribution in [0.3, 0.4) is 0 Å². The molecule has 0 radical (unpaired) electrons. The number of rotatable bonds is 9. The second-order valence-electron chi connectivity index (χ2n) is 7.58. The standard InChI is InChI=1S/C24H26O6S.Na.H/c1-24(18-4-10-21(25)11-5-18,19-6-12-22(26)13-7-19)20-8-14-23(15-9-20)30-16-2-3-17-31(27,28)29;;/h4-15,25-26H,2-3,16-17H2,1H3,(H,27,28,29);;/q;+1;-1. The predicted molar refractivity (Wildman–Crippen MR) is 120 cm³/mol. The molecule has 0 aliphatic rings. The van der Waals surface area contributed by atoms with Gasteiger partial charge in [0.05, 0.1) is 12.4 Å². The number of phenolic OH excluding ortho intramolecular Hbond substituents is 2. The Morgan fingerprint density at radius 2 is 1.19 bits per heavy atom. The van der Waals surface area contributed by atoms with Crippen molar-refractivity contribution in [1.29, 1.82) is 0 Å². The third kappa shape index (κ3) is 6.73. The van der Waals surface area contributed by atoms with E-state index in [1.54, 1.807) is 24.3 Å². The zero-order valence-electron chi connectivity index (χ0n) is 19.2. The van der Waals surface area contributed by atoms with E-state index in [1.807, 2.05) is 48.5 Å². The second kappa shape index (κ2) is 11.2. The Bertz CT molecular complexity index is 1060. The summed E-state index contributed by atoms with van der Waals surface area (Å²) in [6.07, 6.45) is 0.844. The fourth-order valence-corrected chi connectivity index (χ4v) is 4.12. The van der Waals surface area contributed by atoms with Gasteiger partial charge in [-0.25, -0.2) is 0 Å². The molecule has 3 rings (SSSR count). The number of phenols is 2. The summed E-state index contributed by atoms with van der Waals surface area (Å²) in [5.74, 6) is 0.769. The van der Waals surface area contributed by atoms with Crippen LogP contribution in [-0.4, -0.2) is 35.5 Å². The van der Waals surface area contributed by atoms with Crippen LogP contribution in [0.25, 0.3) is 0 Å². The summed E-state index contributed by atoms with van der Waals surface area (Å²) in [7, 11) is -3.94. The summed E-state index contributed by atoms with van der Waals surface area (Å²) in [6.45, 7) is 2.43. The summed E-state index contributed by atoms with van der Waals surface area (Å²) in [5.41, 5.74) is 2.43. The minimum absolute atomic E-state index is 0. The van der Waals surface area contributed by atoms with Gasteiger partial charge in [0.15, 0.2) is 0 Å². The summed E-state index contributed by atoms with van der Waals surface area (Å²) < 4.78 is 36.0. The molecule has 32 heavy (non-hydrogen) atoms. The molecule has 3 N–H and O–H groups in total. The Morgan fingerprint density at radius 3 is 1.59 bits per heavy atom. The van der Waals surface area contributed by atoms with Crippen molar-refractivity contribution in [3.63, 3.8) is 0 Å². The number of benzene rings is 3. The third-order valence-electron chi connectivity index (χ3n) is 5.39. The van der Waals surface area contributed by atoms with Gasteiger partial charge in [-0.2, -0.15) is 8.42 Å². The van der Waals surface area contributed by atoms with Crippen molar-refractivity contribution < 1.29 is 58.9 Å². The molecule has 0 unspecified atom stereocenters. The van der Waals surface area contributed by atoms with E-state index in [0.717, 1.165) is 16.7 Å². The second-order valence-corrected chi connectivity index (χ2v) is 9.16. The molecule has 3 aromatic carbocycles. The van der Waals surface area contributed by atoms with Crippen molar-refractivity contribution in [2.75, 3.05) is 12.4 Å². The molecule has 0 aromatic heterocycles. The Hall–Kier alpha value is -2.03. The molecule has 0 saturated carbocycles. The molecule has 3 aromatic rings. The van der Waals surface area contributed by atoms with Gasteiger partial charge >= 0.3 is 29.6 Å². The van der Waals surface area contributed by atoms with Crippen molar-refractivity contribution in [3.8, 4) is 17.2 Å². The Kier molecular flexibility index (Phi) is 9.18. The van der Waals surface area contributed by atoms with E-state index in [1.165, 1.54) is 0 Å². The topological polar surface area (TPSA) is 104 Å². The van der Waals surface area contributed by atoms with Crippen LogP contribution in [0.15, 0.2) is 72.8 Å². The number of aromatic hydroxyl groups is 2. The van der Waals surface area contributed by atoms with Crippen molar-refractivity contribution >= 4 is 10.1 Å². The van der Waals surface area contributed by atoms with Gasteiger partial charge in [-0.05, 0) is 72.9 Å². The first-order valence-corrected chi connectivity index (χ1v) is 11.6. The largest absolute Gasteiger partial charge is 1.00 e. The van der Waals surface area contributed by atoms with Crippen molar-refractivity contribution in [3.05, 3.63) is 89.5 Å². The maximum atomic E-state index is 10.8. The number of hydrogen-bond donors (Lipinski definition) is 3. The molecule has 6 nitrogen and oxygen atoms in total. The monoisotopic (exact) mass is 466 g/mol. The molecule has 0 heterocycles. The van der Waals surface area contributed by atoms with Crippen LogP contribution in [0.1, 0.15) is 37.9 Å². The minimum Gasteiger partial charge on any atom is -1.00 e. The molecule has 0 fully saturated rings. The van der Waals surface area contributed by atoms with E-state index in [2.05, 4.69) is 6.92 Å². The maximum Gasteiger partial charge on any atom is 1.00 e. The Morgan fingerprint density at radius 1 is 0.781 bits per heavy atom. The number of ether oxygens (including phenoxy) is 1. The van der Waals surface area contributed by atoms with Gasteiger partial charge in [-0.3, -0.25) is 4.55 Å². The molecule has 0 aliphatic heterocycles. The summed E-state index contributed by atoms with van der Waals surface area (Å²) in [6, 6.07) is 21.8. The molecule has 0 aliphatic carbocycles. The van der Waals surface area contributed by atoms with Crippen LogP contribution >= 0.6 is 0 Å². The first-order valence-electron chi connectivity index (χ1n) is 9.96. The van der Waals surface area contributed by atoms with Gasteiger partial charge in [0.2, 0.25) is 0 Å². The van der Waals surface area contributed by atoms with Gasteiger partial charge in [0.25, 0.3) is 10.1 Å². The molecule has 8 heteroatoms. The van der Waals surface area contributed by atoms with Crippen molar-refractivity contribution in [2.24, 2.45) is 0 Å². The number of unbranched alkanes of at least 4 members (excludes halogenated alkanes) is 1. The maximum absolute atomic E-state index is 10.8. The van der Waals surface area contributed by atoms with Crippen molar-refractivity contribution in [2.45, 2.75) is 25.2 Å². The molecule has 0 saturated heterocycles. The molecule has 0 atom stereocenters. The summed E-state index contributed by atoms with van der Waals surface area (Å²) >= 11 is 0. The molecular formula is C24H27NaO6S. The first kappa shape index (κ1) is 26.2. The van der Waals surface area contributed by atoms with Crippen LogP contribution in [0.5, 0.6) is 17.2 Å². The van der Waals surface area contributed by atoms with Gasteiger partial charge in [-0.15, -0.1) is 0 Å². The van der Waals surface area contributed by atoms with Gasteiger partial charge in [-0.1, -0.05) is 36.4 Å². The minimum atomic E-state index is -3.94. The van der Waals surface area contributed by atoms with Crippen LogP contribution in [0, 0.1) is 0 Å². The zero-order chi connectivity index (χ0) is 22.5. The van der Waals surface area contributed by atoms with E-state index < -0.39 is 15.5 Å². The van der Waals surface area contributed by atoms with E-state index in [-0.39, 0.29) is 48.2 Å². The van der Waals surface area contributed by atoms with Gasteiger partial charge < -0.3 is 16.4 Å². The molecular weight excluding hydrogens is 439 g/mol. The zero-order valence-corrected chi connectivity index (χ0v) is 21.0. The summed E-state index contributed by atoms with van der Waals surface area (Å²) in [5, 5.41) is 19.4. The predicted octanol–water partition coefficient (Wildman–Crippen LogP) is 1.62. The van der Waals surface area contributed by atoms with Crippen LogP contribution in [0.2, 0.25) is 0 Å². The van der Waals surface area contributed by atoms with E-state index >= 15 is 0 Å². The van der Waals surface area contributed by atoms with Gasteiger partial charge in [0, 0.05) is 5.41 Å². The van der Waals surface area contributed by atoms with E-state index in [4.69, 9.17) is 9.29 Å². The average Bonchev–Trinajstić information content (AvgIpc) is 2.73. The Balaban J connectivity index is 0.00000272. The van der Waals surface area contributed by atoms with E-state index in [9.17, 15) is 18.6 Å². The first-order chi connectivity index (χ1) is 14.7. The van der Waals surface area contributed by atoms with E-state index in [0.29, 0.717) is 25.2 Å². The fourth-order valence-electron chi connectivity index (χ4n) is 3.55. The SMILES string of the molecule is CC(c1ccc(O)cc1)(c1ccc(O)cc1)c1ccc(OCCCCS(=O)(=O)O)cc1.[H-].[Na+]. The average molecular weight is 467 g/mol. The van der Waals surface area contributed by atoms with Gasteiger partial charge in [0.1, 0.15) is 17.2 Å². The smallest absolute Gasteiger partial charge is 1.00 e. The number of hydrogen-bond acceptors (Lipinski definition) is 5. The molecule has 166 valence electrons. The third-order valence-corrected chi connectivity index (χ3v) is 6.19. The molecule has 0 bridgehead atoms. The summed E-state index contributed by atoms with van der Waals surface area (Å²) in [4.78, 5) is 0. The quantitative estimate of drug-likeness (QED) is 0.192. The normalized spacial score (nSPS) is 11.6. The van der Waals surface area contributed by atoms with Crippen LogP contribution in [-0.2, 0) is 15.5 Å².